The fourth-order valence-electron chi connectivity index (χ4n) is 4.44. The third kappa shape index (κ3) is 5.16. The lowest BCUT2D eigenvalue weighted by molar-refractivity contribution is -0.176. The van der Waals surface area contributed by atoms with Crippen molar-refractivity contribution in [3.8, 4) is 0 Å². The SMILES string of the molecule is O=C[C@H](CC(=O)O)NC(=O)[C@@H]1CCCN2C(=O)CC[C@H](NC(=O)c3cnc4ccccc4c3)C(=O)N12. The zero-order valence-corrected chi connectivity index (χ0v) is 19.3. The number of pyridine rings is 1. The highest BCUT2D eigenvalue weighted by Crippen LogP contribution is 2.25. The average Bonchev–Trinajstić information content (AvgIpc) is 2.99. The molecule has 2 aliphatic heterocycles. The number of aromatic nitrogens is 1. The summed E-state index contributed by atoms with van der Waals surface area (Å²) in [5.74, 6) is -3.58. The molecule has 2 fully saturated rings. The summed E-state index contributed by atoms with van der Waals surface area (Å²) in [6, 6.07) is 5.41. The lowest BCUT2D eigenvalue weighted by atomic mass is 10.0. The van der Waals surface area contributed by atoms with Crippen LogP contribution in [0, 0.1) is 0 Å². The molecule has 0 radical (unpaired) electrons. The first-order chi connectivity index (χ1) is 17.3. The second-order valence-electron chi connectivity index (χ2n) is 8.69. The number of aldehydes is 1. The van der Waals surface area contributed by atoms with Crippen molar-refractivity contribution in [3.05, 3.63) is 42.1 Å². The Kier molecular flexibility index (Phi) is 7.23. The number of hydrazine groups is 1. The number of benzene rings is 1. The summed E-state index contributed by atoms with van der Waals surface area (Å²) in [5.41, 5.74) is 0.948. The number of aliphatic carboxylic acids is 1. The maximum atomic E-state index is 13.5. The molecule has 3 heterocycles. The summed E-state index contributed by atoms with van der Waals surface area (Å²) < 4.78 is 0. The highest BCUT2D eigenvalue weighted by molar-refractivity contribution is 6.01. The largest absolute Gasteiger partial charge is 0.481 e. The molecule has 0 spiro atoms. The molecule has 2 aromatic rings. The maximum Gasteiger partial charge on any atom is 0.305 e. The number of fused-ring (bicyclic) bond motifs is 2. The van der Waals surface area contributed by atoms with Crippen molar-refractivity contribution in [1.82, 2.24) is 25.6 Å². The van der Waals surface area contributed by atoms with Gasteiger partial charge in [-0.2, -0.15) is 0 Å². The van der Waals surface area contributed by atoms with E-state index < -0.39 is 48.2 Å². The van der Waals surface area contributed by atoms with E-state index in [0.29, 0.717) is 18.2 Å². The smallest absolute Gasteiger partial charge is 0.305 e. The number of nitrogens with one attached hydrogen (secondary N) is 2. The Morgan fingerprint density at radius 3 is 2.72 bits per heavy atom. The molecule has 0 aliphatic carbocycles. The van der Waals surface area contributed by atoms with Gasteiger partial charge in [0.2, 0.25) is 11.8 Å². The lowest BCUT2D eigenvalue weighted by Gasteiger charge is -2.43. The molecule has 2 aliphatic rings. The van der Waals surface area contributed by atoms with Gasteiger partial charge >= 0.3 is 5.97 Å². The average molecular weight is 495 g/mol. The third-order valence-electron chi connectivity index (χ3n) is 6.21. The van der Waals surface area contributed by atoms with Gasteiger partial charge in [-0.15, -0.1) is 0 Å². The van der Waals surface area contributed by atoms with Gasteiger partial charge in [0.25, 0.3) is 11.8 Å². The summed E-state index contributed by atoms with van der Waals surface area (Å²) in [6.07, 6.45) is 1.75. The number of hydrogen-bond donors (Lipinski definition) is 3. The summed E-state index contributed by atoms with van der Waals surface area (Å²) >= 11 is 0. The lowest BCUT2D eigenvalue weighted by Crippen LogP contribution is -2.64. The van der Waals surface area contributed by atoms with Crippen LogP contribution in [0.4, 0.5) is 0 Å². The molecule has 12 nitrogen and oxygen atoms in total. The minimum absolute atomic E-state index is 0.0204. The summed E-state index contributed by atoms with van der Waals surface area (Å²) in [4.78, 5) is 78.6. The van der Waals surface area contributed by atoms with Crippen LogP contribution in [0.2, 0.25) is 0 Å². The number of para-hydroxylation sites is 1. The van der Waals surface area contributed by atoms with Crippen molar-refractivity contribution in [2.75, 3.05) is 6.54 Å². The van der Waals surface area contributed by atoms with Crippen LogP contribution >= 0.6 is 0 Å². The molecular formula is C24H25N5O7. The van der Waals surface area contributed by atoms with Crippen molar-refractivity contribution in [1.29, 1.82) is 0 Å². The number of carboxylic acids is 1. The Labute approximate surface area is 205 Å². The number of amides is 4. The first-order valence-electron chi connectivity index (χ1n) is 11.5. The van der Waals surface area contributed by atoms with Crippen LogP contribution in [0.15, 0.2) is 36.5 Å². The van der Waals surface area contributed by atoms with E-state index in [4.69, 9.17) is 5.11 Å². The Morgan fingerprint density at radius 2 is 1.97 bits per heavy atom. The Hall–Kier alpha value is -4.35. The standard InChI is InChI=1S/C24H25N5O7/c30-13-16(11-21(32)33)26-23(35)19-6-3-9-28-20(31)8-7-18(24(36)29(19)28)27-22(34)15-10-14-4-1-2-5-17(14)25-12-15/h1-2,4-5,10,12-13,16,18-19H,3,6-9,11H2,(H,26,35)(H,27,34)(H,32,33)/t16-,18-,19-/m0/s1. The van der Waals surface area contributed by atoms with E-state index in [1.807, 2.05) is 12.1 Å². The van der Waals surface area contributed by atoms with Crippen LogP contribution in [-0.4, -0.2) is 80.7 Å². The van der Waals surface area contributed by atoms with Crippen LogP contribution in [0.25, 0.3) is 10.9 Å². The van der Waals surface area contributed by atoms with Crippen molar-refractivity contribution in [2.45, 2.75) is 50.2 Å². The fraction of sp³-hybridized carbons (Fsp3) is 0.375. The van der Waals surface area contributed by atoms with Gasteiger partial charge in [0, 0.05) is 24.5 Å². The molecule has 1 aromatic carbocycles. The highest BCUT2D eigenvalue weighted by atomic mass is 16.4. The zero-order valence-electron chi connectivity index (χ0n) is 19.3. The second-order valence-corrected chi connectivity index (χ2v) is 8.69. The predicted octanol–water partition coefficient (Wildman–Crippen LogP) is 0.0200. The maximum absolute atomic E-state index is 13.5. The minimum atomic E-state index is -1.28. The van der Waals surface area contributed by atoms with Crippen LogP contribution in [0.5, 0.6) is 0 Å². The van der Waals surface area contributed by atoms with Crippen LogP contribution in [0.1, 0.15) is 42.5 Å². The van der Waals surface area contributed by atoms with Crippen molar-refractivity contribution < 1.29 is 33.9 Å². The highest BCUT2D eigenvalue weighted by Gasteiger charge is 2.45. The molecule has 12 heteroatoms. The molecule has 4 rings (SSSR count). The van der Waals surface area contributed by atoms with E-state index in [0.717, 1.165) is 10.4 Å². The molecule has 4 amide bonds. The monoisotopic (exact) mass is 495 g/mol. The molecular weight excluding hydrogens is 470 g/mol. The van der Waals surface area contributed by atoms with Crippen LogP contribution in [0.3, 0.4) is 0 Å². The Bertz CT molecular complexity index is 1230. The zero-order chi connectivity index (χ0) is 25.8. The quantitative estimate of drug-likeness (QED) is 0.452. The van der Waals surface area contributed by atoms with Crippen molar-refractivity contribution >= 4 is 46.8 Å². The van der Waals surface area contributed by atoms with Gasteiger partial charge in [-0.1, -0.05) is 18.2 Å². The number of carboxylic acid groups (broad SMARTS) is 1. The summed E-state index contributed by atoms with van der Waals surface area (Å²) in [7, 11) is 0. The van der Waals surface area contributed by atoms with Gasteiger partial charge in [0.05, 0.1) is 23.5 Å². The number of nitrogens with zero attached hydrogens (tertiary/aromatic N) is 3. The first kappa shape index (κ1) is 24.8. The van der Waals surface area contributed by atoms with Gasteiger partial charge < -0.3 is 20.5 Å². The van der Waals surface area contributed by atoms with Gasteiger partial charge in [-0.05, 0) is 31.4 Å². The van der Waals surface area contributed by atoms with E-state index in [1.165, 1.54) is 11.2 Å². The van der Waals surface area contributed by atoms with Crippen LogP contribution in [-0.2, 0) is 24.0 Å². The fourth-order valence-corrected chi connectivity index (χ4v) is 4.44. The topological polar surface area (TPSA) is 166 Å². The number of carbonyl (C=O) groups is 6. The first-order valence-corrected chi connectivity index (χ1v) is 11.5. The predicted molar refractivity (Wildman–Crippen MR) is 124 cm³/mol. The molecule has 0 saturated carbocycles. The number of carbonyl (C=O) groups excluding carboxylic acids is 5. The molecule has 36 heavy (non-hydrogen) atoms. The number of rotatable bonds is 7. The molecule has 1 aromatic heterocycles. The van der Waals surface area contributed by atoms with Crippen molar-refractivity contribution in [3.63, 3.8) is 0 Å². The van der Waals surface area contributed by atoms with E-state index in [9.17, 15) is 28.8 Å². The van der Waals surface area contributed by atoms with E-state index >= 15 is 0 Å². The molecule has 0 bridgehead atoms. The molecule has 0 unspecified atom stereocenters. The molecule has 3 atom stereocenters. The Morgan fingerprint density at radius 1 is 1.19 bits per heavy atom. The van der Waals surface area contributed by atoms with Crippen molar-refractivity contribution in [2.24, 2.45) is 0 Å². The van der Waals surface area contributed by atoms with E-state index in [1.54, 1.807) is 18.2 Å². The van der Waals surface area contributed by atoms with Gasteiger partial charge in [-0.3, -0.25) is 34.0 Å². The molecule has 2 saturated heterocycles. The van der Waals surface area contributed by atoms with Gasteiger partial charge in [0.1, 0.15) is 18.4 Å². The Balaban J connectivity index is 1.54. The van der Waals surface area contributed by atoms with Crippen LogP contribution < -0.4 is 10.6 Å². The second kappa shape index (κ2) is 10.5. The summed E-state index contributed by atoms with van der Waals surface area (Å²) in [5, 5.41) is 16.9. The molecule has 188 valence electrons. The van der Waals surface area contributed by atoms with Gasteiger partial charge in [0.15, 0.2) is 0 Å². The third-order valence-corrected chi connectivity index (χ3v) is 6.21. The minimum Gasteiger partial charge on any atom is -0.481 e. The normalized spacial score (nSPS) is 20.8. The van der Waals surface area contributed by atoms with E-state index in [2.05, 4.69) is 15.6 Å². The molecule has 3 N–H and O–H groups in total. The van der Waals surface area contributed by atoms with Gasteiger partial charge in [-0.25, -0.2) is 5.01 Å². The summed E-state index contributed by atoms with van der Waals surface area (Å²) in [6.45, 7) is 0.218. The number of hydrogen-bond acceptors (Lipinski definition) is 7. The van der Waals surface area contributed by atoms with E-state index in [-0.39, 0.29) is 37.3 Å².